The van der Waals surface area contributed by atoms with Crippen molar-refractivity contribution in [1.82, 2.24) is 0 Å². The molecule has 1 N–H and O–H groups in total. The quantitative estimate of drug-likeness (QED) is 0.936. The van der Waals surface area contributed by atoms with Crippen LogP contribution in [0.25, 0.3) is 16.7 Å². The molecule has 5 heteroatoms. The van der Waals surface area contributed by atoms with E-state index in [-0.39, 0.29) is 11.8 Å². The van der Waals surface area contributed by atoms with E-state index in [1.54, 1.807) is 24.3 Å². The minimum atomic E-state index is -0.980. The molecule has 0 radical (unpaired) electrons. The number of carbonyl (C=O) groups is 1. The molecule has 0 atom stereocenters. The maximum atomic E-state index is 12.2. The van der Waals surface area contributed by atoms with E-state index in [9.17, 15) is 9.59 Å². The number of benzene rings is 1. The summed E-state index contributed by atoms with van der Waals surface area (Å²) >= 11 is 0. The van der Waals surface area contributed by atoms with Crippen LogP contribution in [0, 0.1) is 0 Å². The molecule has 3 rings (SSSR count). The Kier molecular flexibility index (Phi) is 3.31. The molecule has 2 aromatic rings. The van der Waals surface area contributed by atoms with Gasteiger partial charge in [0.15, 0.2) is 16.9 Å². The van der Waals surface area contributed by atoms with Crippen LogP contribution in [0.3, 0.4) is 0 Å². The maximum absolute atomic E-state index is 12.2. The van der Waals surface area contributed by atoms with Crippen molar-refractivity contribution < 1.29 is 19.1 Å². The zero-order valence-corrected chi connectivity index (χ0v) is 11.0. The van der Waals surface area contributed by atoms with Crippen LogP contribution in [0.15, 0.2) is 51.7 Å². The van der Waals surface area contributed by atoms with Crippen molar-refractivity contribution in [2.24, 2.45) is 0 Å². The van der Waals surface area contributed by atoms with E-state index in [2.05, 4.69) is 0 Å². The second kappa shape index (κ2) is 5.28. The monoisotopic (exact) mass is 284 g/mol. The topological polar surface area (TPSA) is 76.7 Å². The first-order valence-corrected chi connectivity index (χ1v) is 6.42. The molecule has 0 spiro atoms. The predicted molar refractivity (Wildman–Crippen MR) is 76.9 cm³/mol. The first-order valence-electron chi connectivity index (χ1n) is 6.42. The molecule has 1 aromatic carbocycles. The Morgan fingerprint density at radius 3 is 2.90 bits per heavy atom. The molecule has 21 heavy (non-hydrogen) atoms. The van der Waals surface area contributed by atoms with Crippen molar-refractivity contribution in [3.63, 3.8) is 0 Å². The van der Waals surface area contributed by atoms with Gasteiger partial charge in [-0.15, -0.1) is 0 Å². The van der Waals surface area contributed by atoms with Crippen molar-refractivity contribution in [3.05, 3.63) is 64.0 Å². The van der Waals surface area contributed by atoms with Crippen LogP contribution < -0.4 is 5.43 Å². The lowest BCUT2D eigenvalue weighted by atomic mass is 10.1. The number of ether oxygens (including phenoxy) is 1. The highest BCUT2D eigenvalue weighted by molar-refractivity contribution is 5.84. The lowest BCUT2D eigenvalue weighted by Gasteiger charge is -2.11. The van der Waals surface area contributed by atoms with Gasteiger partial charge < -0.3 is 14.3 Å². The van der Waals surface area contributed by atoms with Gasteiger partial charge in [-0.1, -0.05) is 18.2 Å². The molecule has 0 saturated carbocycles. The number of carboxylic acids is 1. The van der Waals surface area contributed by atoms with Gasteiger partial charge in [-0.05, 0) is 18.2 Å². The molecule has 0 saturated heterocycles. The van der Waals surface area contributed by atoms with Gasteiger partial charge in [0, 0.05) is 11.6 Å². The number of aliphatic carboxylic acids is 1. The Labute approximate surface area is 119 Å². The summed E-state index contributed by atoms with van der Waals surface area (Å²) < 4.78 is 11.1. The van der Waals surface area contributed by atoms with Crippen LogP contribution in [0.2, 0.25) is 0 Å². The number of hydrogen-bond acceptors (Lipinski definition) is 4. The number of carboxylic acid groups (broad SMARTS) is 1. The molecule has 106 valence electrons. The molecular weight excluding hydrogens is 272 g/mol. The molecule has 0 unspecified atom stereocenters. The Bertz CT molecular complexity index is 826. The molecule has 1 aliphatic rings. The van der Waals surface area contributed by atoms with E-state index in [1.807, 2.05) is 12.2 Å². The van der Waals surface area contributed by atoms with E-state index >= 15 is 0 Å². The van der Waals surface area contributed by atoms with Crippen molar-refractivity contribution >= 4 is 22.7 Å². The lowest BCUT2D eigenvalue weighted by molar-refractivity contribution is -0.136. The van der Waals surface area contributed by atoms with Gasteiger partial charge in [-0.2, -0.15) is 0 Å². The van der Waals surface area contributed by atoms with Crippen LogP contribution in [-0.4, -0.2) is 17.7 Å². The van der Waals surface area contributed by atoms with Crippen molar-refractivity contribution in [3.8, 4) is 0 Å². The smallest absolute Gasteiger partial charge is 0.307 e. The molecule has 5 nitrogen and oxygen atoms in total. The van der Waals surface area contributed by atoms with Crippen molar-refractivity contribution in [1.29, 1.82) is 0 Å². The zero-order chi connectivity index (χ0) is 14.8. The van der Waals surface area contributed by atoms with Crippen molar-refractivity contribution in [2.75, 3.05) is 6.61 Å². The summed E-state index contributed by atoms with van der Waals surface area (Å²) in [6.45, 7) is 0.407. The van der Waals surface area contributed by atoms with Crippen LogP contribution in [0.1, 0.15) is 11.3 Å². The van der Waals surface area contributed by atoms with E-state index in [4.69, 9.17) is 14.3 Å². The normalized spacial score (nSPS) is 13.8. The molecule has 2 heterocycles. The van der Waals surface area contributed by atoms with Crippen LogP contribution in [0.4, 0.5) is 0 Å². The largest absolute Gasteiger partial charge is 0.486 e. The number of hydrogen-bond donors (Lipinski definition) is 1. The summed E-state index contributed by atoms with van der Waals surface area (Å²) in [4.78, 5) is 23.1. The number of allylic oxidation sites excluding steroid dienone is 2. The molecule has 0 aliphatic carbocycles. The summed E-state index contributed by atoms with van der Waals surface area (Å²) in [5.41, 5.74) is 0.532. The molecular formula is C16H12O5. The van der Waals surface area contributed by atoms with E-state index in [0.29, 0.717) is 34.7 Å². The fourth-order valence-corrected chi connectivity index (χ4v) is 2.21. The zero-order valence-electron chi connectivity index (χ0n) is 11.0. The standard InChI is InChI=1S/C16H12O5/c17-12-9-14(13-6-1-2-7-20-13)21-16-10(8-15(18)19)4-3-5-11(12)16/h1-6,9H,7-8H2,(H,18,19). The SMILES string of the molecule is O=C(O)Cc1cccc2c(=O)cc(C3=CC=CCO3)oc12. The minimum absolute atomic E-state index is 0.205. The van der Waals surface area contributed by atoms with Crippen LogP contribution >= 0.6 is 0 Å². The first kappa shape index (κ1) is 13.2. The van der Waals surface area contributed by atoms with Crippen LogP contribution in [0.5, 0.6) is 0 Å². The fraction of sp³-hybridized carbons (Fsp3) is 0.125. The number of para-hydroxylation sites is 1. The van der Waals surface area contributed by atoms with Crippen LogP contribution in [-0.2, 0) is 16.0 Å². The molecule has 1 aliphatic heterocycles. The molecule has 0 amide bonds. The summed E-state index contributed by atoms with van der Waals surface area (Å²) in [5.74, 6) is -0.220. The van der Waals surface area contributed by atoms with Crippen molar-refractivity contribution in [2.45, 2.75) is 6.42 Å². The van der Waals surface area contributed by atoms with Gasteiger partial charge in [0.1, 0.15) is 12.2 Å². The second-order valence-electron chi connectivity index (χ2n) is 4.61. The van der Waals surface area contributed by atoms with Gasteiger partial charge in [0.2, 0.25) is 0 Å². The number of rotatable bonds is 3. The second-order valence-corrected chi connectivity index (χ2v) is 4.61. The predicted octanol–water partition coefficient (Wildman–Crippen LogP) is 2.35. The number of fused-ring (bicyclic) bond motifs is 1. The Morgan fingerprint density at radius 2 is 2.19 bits per heavy atom. The highest BCUT2D eigenvalue weighted by Crippen LogP contribution is 2.23. The summed E-state index contributed by atoms with van der Waals surface area (Å²) in [7, 11) is 0. The summed E-state index contributed by atoms with van der Waals surface area (Å²) in [5, 5.41) is 9.31. The maximum Gasteiger partial charge on any atom is 0.307 e. The highest BCUT2D eigenvalue weighted by Gasteiger charge is 2.14. The van der Waals surface area contributed by atoms with E-state index < -0.39 is 5.97 Å². The first-order chi connectivity index (χ1) is 10.1. The third kappa shape index (κ3) is 2.58. The lowest BCUT2D eigenvalue weighted by Crippen LogP contribution is -2.07. The molecule has 1 aromatic heterocycles. The molecule has 0 fully saturated rings. The highest BCUT2D eigenvalue weighted by atomic mass is 16.5. The third-order valence-corrected chi connectivity index (χ3v) is 3.14. The average Bonchev–Trinajstić information content (AvgIpc) is 2.48. The van der Waals surface area contributed by atoms with Gasteiger partial charge in [0.05, 0.1) is 11.8 Å². The summed E-state index contributed by atoms with van der Waals surface area (Å²) in [6, 6.07) is 6.26. The van der Waals surface area contributed by atoms with E-state index in [1.165, 1.54) is 6.07 Å². The minimum Gasteiger partial charge on any atom is -0.486 e. The Balaban J connectivity index is 2.21. The van der Waals surface area contributed by atoms with Gasteiger partial charge in [-0.25, -0.2) is 0 Å². The fourth-order valence-electron chi connectivity index (χ4n) is 2.21. The van der Waals surface area contributed by atoms with Gasteiger partial charge in [-0.3, -0.25) is 9.59 Å². The third-order valence-electron chi connectivity index (χ3n) is 3.14. The average molecular weight is 284 g/mol. The van der Waals surface area contributed by atoms with Gasteiger partial charge >= 0.3 is 5.97 Å². The van der Waals surface area contributed by atoms with Gasteiger partial charge in [0.25, 0.3) is 0 Å². The Hall–Kier alpha value is -2.82. The van der Waals surface area contributed by atoms with E-state index in [0.717, 1.165) is 0 Å². The Morgan fingerprint density at radius 1 is 1.33 bits per heavy atom. The summed E-state index contributed by atoms with van der Waals surface area (Å²) in [6.07, 6.45) is 5.14. The molecule has 0 bridgehead atoms.